The van der Waals surface area contributed by atoms with Crippen molar-refractivity contribution in [1.29, 1.82) is 0 Å². The first kappa shape index (κ1) is 39.3. The molecule has 0 bridgehead atoms. The molecule has 1 aromatic heterocycles. The number of benzene rings is 2. The van der Waals surface area contributed by atoms with E-state index in [0.29, 0.717) is 82.3 Å². The van der Waals surface area contributed by atoms with Gasteiger partial charge < -0.3 is 38.8 Å². The summed E-state index contributed by atoms with van der Waals surface area (Å²) in [5.41, 5.74) is 4.61. The summed E-state index contributed by atoms with van der Waals surface area (Å²) in [6, 6.07) is 11.8. The third-order valence-corrected chi connectivity index (χ3v) is 12.0. The van der Waals surface area contributed by atoms with Crippen molar-refractivity contribution in [2.75, 3.05) is 77.4 Å². The predicted octanol–water partition coefficient (Wildman–Crippen LogP) is 3.60. The molecule has 302 valence electrons. The number of carbonyl (C=O) groups is 4. The van der Waals surface area contributed by atoms with Gasteiger partial charge in [0.05, 0.1) is 18.5 Å². The van der Waals surface area contributed by atoms with Gasteiger partial charge in [-0.05, 0) is 87.9 Å². The number of piperidine rings is 2. The Balaban J connectivity index is 0.973. The number of urea groups is 1. The topological polar surface area (TPSA) is 150 Å². The van der Waals surface area contributed by atoms with Crippen molar-refractivity contribution >= 4 is 40.8 Å². The van der Waals surface area contributed by atoms with Crippen molar-refractivity contribution in [2.24, 2.45) is 7.05 Å². The van der Waals surface area contributed by atoms with Gasteiger partial charge in [-0.15, -0.1) is 0 Å². The van der Waals surface area contributed by atoms with E-state index in [0.717, 1.165) is 67.8 Å². The third kappa shape index (κ3) is 8.88. The highest BCUT2D eigenvalue weighted by atomic mass is 16.6. The van der Waals surface area contributed by atoms with Gasteiger partial charge in [0, 0.05) is 83.6 Å². The van der Waals surface area contributed by atoms with Crippen LogP contribution in [0.15, 0.2) is 45.6 Å². The molecule has 3 aromatic rings. The van der Waals surface area contributed by atoms with Gasteiger partial charge in [0.2, 0.25) is 0 Å². The summed E-state index contributed by atoms with van der Waals surface area (Å²) in [6.07, 6.45) is 2.88. The molecular formula is C41H55N7O8. The molecule has 0 radical (unpaired) electrons. The summed E-state index contributed by atoms with van der Waals surface area (Å²) in [5.74, 6) is -0.864. The maximum Gasteiger partial charge on any atom is 0.419 e. The number of rotatable bonds is 10. The van der Waals surface area contributed by atoms with E-state index < -0.39 is 18.0 Å². The van der Waals surface area contributed by atoms with Gasteiger partial charge in [0.1, 0.15) is 0 Å². The highest BCUT2D eigenvalue weighted by Crippen LogP contribution is 2.27. The number of fused-ring (bicyclic) bond motifs is 2. The Hall–Kier alpha value is -4.89. The molecule has 15 heteroatoms. The Morgan fingerprint density at radius 2 is 1.61 bits per heavy atom. The number of amides is 4. The van der Waals surface area contributed by atoms with Crippen LogP contribution in [0.1, 0.15) is 55.7 Å². The fourth-order valence-electron chi connectivity index (χ4n) is 8.89. The molecule has 4 aliphatic heterocycles. The van der Waals surface area contributed by atoms with Crippen molar-refractivity contribution in [2.45, 2.75) is 77.0 Å². The molecule has 0 spiro atoms. The van der Waals surface area contributed by atoms with E-state index in [4.69, 9.17) is 13.9 Å². The number of hydrogen-bond donors (Lipinski definition) is 1. The summed E-state index contributed by atoms with van der Waals surface area (Å²) in [6.45, 7) is 10.6. The van der Waals surface area contributed by atoms with Gasteiger partial charge in [0.25, 0.3) is 5.91 Å². The van der Waals surface area contributed by atoms with Crippen molar-refractivity contribution in [1.82, 2.24) is 29.1 Å². The number of aryl methyl sites for hydroxylation is 2. The average molecular weight is 774 g/mol. The van der Waals surface area contributed by atoms with E-state index in [1.54, 1.807) is 22.9 Å². The van der Waals surface area contributed by atoms with E-state index in [9.17, 15) is 24.0 Å². The maximum absolute atomic E-state index is 14.3. The van der Waals surface area contributed by atoms with Gasteiger partial charge in [-0.2, -0.15) is 0 Å². The highest BCUT2D eigenvalue weighted by Gasteiger charge is 2.36. The number of nitrogens with zero attached hydrogens (tertiary/aromatic N) is 6. The van der Waals surface area contributed by atoms with Crippen LogP contribution in [0.3, 0.4) is 0 Å². The second-order valence-electron chi connectivity index (χ2n) is 15.5. The first-order chi connectivity index (χ1) is 27.1. The normalized spacial score (nSPS) is 19.7. The van der Waals surface area contributed by atoms with Crippen LogP contribution in [0.2, 0.25) is 0 Å². The molecule has 5 heterocycles. The average Bonchev–Trinajstić information content (AvgIpc) is 3.38. The molecule has 15 nitrogen and oxygen atoms in total. The molecule has 1 atom stereocenters. The van der Waals surface area contributed by atoms with Gasteiger partial charge >= 0.3 is 23.8 Å². The molecular weight excluding hydrogens is 718 g/mol. The van der Waals surface area contributed by atoms with Crippen molar-refractivity contribution in [3.05, 3.63) is 63.6 Å². The second-order valence-corrected chi connectivity index (χ2v) is 15.5. The summed E-state index contributed by atoms with van der Waals surface area (Å²) in [5, 5.41) is 3.05. The molecule has 1 unspecified atom stereocenters. The molecule has 4 aliphatic rings. The van der Waals surface area contributed by atoms with Crippen LogP contribution in [0.5, 0.6) is 0 Å². The summed E-state index contributed by atoms with van der Waals surface area (Å²) in [4.78, 5) is 75.5. The number of piperazine rings is 1. The van der Waals surface area contributed by atoms with Crippen molar-refractivity contribution in [3.8, 4) is 0 Å². The van der Waals surface area contributed by atoms with Crippen LogP contribution >= 0.6 is 0 Å². The SMILES string of the molecule is CCOC(=O)CCN1CCC(N2CCN(C(=O)C(Cc3cc(C)c4c(c3)oc(=O)n4C)OC(=O)N3CCC(N4CCc5ccccc5NC4=O)CC3)CC2)CC1. The Labute approximate surface area is 327 Å². The zero-order chi connectivity index (χ0) is 39.3. The van der Waals surface area contributed by atoms with Gasteiger partial charge in [0.15, 0.2) is 11.7 Å². The zero-order valence-corrected chi connectivity index (χ0v) is 32.9. The lowest BCUT2D eigenvalue weighted by molar-refractivity contribution is -0.144. The fourth-order valence-corrected chi connectivity index (χ4v) is 8.89. The van der Waals surface area contributed by atoms with Crippen LogP contribution in [0.25, 0.3) is 11.1 Å². The first-order valence-corrected chi connectivity index (χ1v) is 20.2. The Bertz CT molecular complexity index is 1950. The quantitative estimate of drug-likeness (QED) is 0.303. The largest absolute Gasteiger partial charge is 0.466 e. The number of para-hydroxylation sites is 1. The molecule has 2 aromatic carbocycles. The van der Waals surface area contributed by atoms with Gasteiger partial charge in [-0.3, -0.25) is 19.1 Å². The smallest absolute Gasteiger partial charge is 0.419 e. The van der Waals surface area contributed by atoms with Crippen LogP contribution in [-0.2, 0) is 39.0 Å². The summed E-state index contributed by atoms with van der Waals surface area (Å²) < 4.78 is 18.2. The molecule has 0 saturated carbocycles. The minimum absolute atomic E-state index is 0.0193. The lowest BCUT2D eigenvalue weighted by atomic mass is 10.0. The van der Waals surface area contributed by atoms with E-state index in [1.165, 1.54) is 4.57 Å². The fraction of sp³-hybridized carbons (Fsp3) is 0.585. The lowest BCUT2D eigenvalue weighted by Gasteiger charge is -2.43. The minimum Gasteiger partial charge on any atom is -0.466 e. The molecule has 7 rings (SSSR count). The van der Waals surface area contributed by atoms with Crippen molar-refractivity contribution in [3.63, 3.8) is 0 Å². The van der Waals surface area contributed by atoms with E-state index >= 15 is 0 Å². The Morgan fingerprint density at radius 1 is 0.893 bits per heavy atom. The minimum atomic E-state index is -1.07. The molecule has 1 N–H and O–H groups in total. The van der Waals surface area contributed by atoms with Gasteiger partial charge in [-0.25, -0.2) is 14.4 Å². The summed E-state index contributed by atoms with van der Waals surface area (Å²) >= 11 is 0. The molecule has 56 heavy (non-hydrogen) atoms. The first-order valence-electron chi connectivity index (χ1n) is 20.2. The zero-order valence-electron chi connectivity index (χ0n) is 32.9. The number of aromatic nitrogens is 1. The molecule has 4 amide bonds. The second kappa shape index (κ2) is 17.5. The number of nitrogens with one attached hydrogen (secondary N) is 1. The van der Waals surface area contributed by atoms with Crippen LogP contribution < -0.4 is 11.1 Å². The maximum atomic E-state index is 14.3. The molecule has 0 aliphatic carbocycles. The number of likely N-dealkylation sites (tertiary alicyclic amines) is 2. The Kier molecular flexibility index (Phi) is 12.3. The number of esters is 1. The van der Waals surface area contributed by atoms with E-state index in [1.807, 2.05) is 49.1 Å². The van der Waals surface area contributed by atoms with Crippen LogP contribution in [-0.4, -0.2) is 143 Å². The van der Waals surface area contributed by atoms with E-state index in [2.05, 4.69) is 15.1 Å². The number of carbonyl (C=O) groups excluding carboxylic acids is 4. The van der Waals surface area contributed by atoms with Crippen LogP contribution in [0, 0.1) is 6.92 Å². The standard InChI is InChI=1S/C41H55N7O8/c1-4-54-36(49)14-17-44-15-10-31(11-16-44)45-21-23-46(24-22-45)38(50)35(27-29-25-28(2)37-34(26-29)55-40(52)43(37)3)56-41(53)47-18-12-32(13-19-47)48-20-9-30-7-5-6-8-33(30)42-39(48)51/h5-8,25-26,31-32,35H,4,9-24,27H2,1-3H3,(H,42,51). The van der Waals surface area contributed by atoms with Gasteiger partial charge in [-0.1, -0.05) is 24.3 Å². The lowest BCUT2D eigenvalue weighted by Crippen LogP contribution is -2.56. The number of oxazole rings is 1. The van der Waals surface area contributed by atoms with Crippen LogP contribution in [0.4, 0.5) is 15.3 Å². The van der Waals surface area contributed by atoms with Crippen molar-refractivity contribution < 1.29 is 33.1 Å². The monoisotopic (exact) mass is 773 g/mol. The predicted molar refractivity (Wildman–Crippen MR) is 209 cm³/mol. The molecule has 3 saturated heterocycles. The van der Waals surface area contributed by atoms with E-state index in [-0.39, 0.29) is 30.4 Å². The highest BCUT2D eigenvalue weighted by molar-refractivity contribution is 5.91. The number of ether oxygens (including phenoxy) is 2. The Morgan fingerprint density at radius 3 is 2.34 bits per heavy atom. The summed E-state index contributed by atoms with van der Waals surface area (Å²) in [7, 11) is 1.66. The molecule has 3 fully saturated rings. The number of hydrogen-bond acceptors (Lipinski definition) is 10. The number of anilines is 1. The third-order valence-electron chi connectivity index (χ3n) is 12.0.